The van der Waals surface area contributed by atoms with Gasteiger partial charge in [0.05, 0.1) is 13.5 Å². The van der Waals surface area contributed by atoms with Crippen molar-refractivity contribution in [2.75, 3.05) is 7.11 Å². The summed E-state index contributed by atoms with van der Waals surface area (Å²) < 4.78 is 4.21. The van der Waals surface area contributed by atoms with Crippen molar-refractivity contribution in [1.82, 2.24) is 0 Å². The van der Waals surface area contributed by atoms with Crippen LogP contribution in [0.5, 0.6) is 0 Å². The molecule has 0 aliphatic heterocycles. The SMILES string of the molecule is C=C(CC(=O)O)C(=O)OC.C=CC(N)=O. The highest BCUT2D eigenvalue weighted by Gasteiger charge is 2.09. The number of primary amides is 1. The third-order valence-corrected chi connectivity index (χ3v) is 1.04. The summed E-state index contributed by atoms with van der Waals surface area (Å²) in [5, 5.41) is 8.16. The summed E-state index contributed by atoms with van der Waals surface area (Å²) in [6.45, 7) is 6.30. The Morgan fingerprint density at radius 1 is 1.47 bits per heavy atom. The molecule has 0 aromatic heterocycles. The van der Waals surface area contributed by atoms with Crippen LogP contribution in [0.25, 0.3) is 0 Å². The van der Waals surface area contributed by atoms with Gasteiger partial charge in [-0.1, -0.05) is 13.2 Å². The van der Waals surface area contributed by atoms with E-state index < -0.39 is 17.8 Å². The highest BCUT2D eigenvalue weighted by atomic mass is 16.5. The minimum atomic E-state index is -1.09. The van der Waals surface area contributed by atoms with Gasteiger partial charge in [0.25, 0.3) is 0 Å². The molecule has 15 heavy (non-hydrogen) atoms. The predicted molar refractivity (Wildman–Crippen MR) is 52.8 cm³/mol. The smallest absolute Gasteiger partial charge is 0.333 e. The number of nitrogens with two attached hydrogens (primary N) is 1. The third-order valence-electron chi connectivity index (χ3n) is 1.04. The molecule has 84 valence electrons. The zero-order valence-electron chi connectivity index (χ0n) is 8.36. The van der Waals surface area contributed by atoms with Gasteiger partial charge in [-0.05, 0) is 6.08 Å². The Balaban J connectivity index is 0. The first-order chi connectivity index (χ1) is 6.84. The average Bonchev–Trinajstić information content (AvgIpc) is 2.16. The van der Waals surface area contributed by atoms with Gasteiger partial charge in [0.15, 0.2) is 0 Å². The maximum absolute atomic E-state index is 10.5. The lowest BCUT2D eigenvalue weighted by atomic mass is 10.2. The van der Waals surface area contributed by atoms with Gasteiger partial charge in [0, 0.05) is 5.57 Å². The summed E-state index contributed by atoms with van der Waals surface area (Å²) in [5.41, 5.74) is 4.49. The quantitative estimate of drug-likeness (QED) is 0.501. The predicted octanol–water partition coefficient (Wildman–Crippen LogP) is -0.152. The van der Waals surface area contributed by atoms with E-state index in [-0.39, 0.29) is 12.0 Å². The Kier molecular flexibility index (Phi) is 8.69. The van der Waals surface area contributed by atoms with Crippen molar-refractivity contribution in [2.24, 2.45) is 5.73 Å². The largest absolute Gasteiger partial charge is 0.481 e. The van der Waals surface area contributed by atoms with Crippen molar-refractivity contribution in [1.29, 1.82) is 0 Å². The van der Waals surface area contributed by atoms with Crippen molar-refractivity contribution < 1.29 is 24.2 Å². The highest BCUT2D eigenvalue weighted by Crippen LogP contribution is 1.98. The third kappa shape index (κ3) is 11.9. The summed E-state index contributed by atoms with van der Waals surface area (Å²) in [6, 6.07) is 0. The number of amides is 1. The molecule has 6 heteroatoms. The van der Waals surface area contributed by atoms with Crippen LogP contribution in [0.4, 0.5) is 0 Å². The van der Waals surface area contributed by atoms with Crippen LogP contribution < -0.4 is 5.73 Å². The van der Waals surface area contributed by atoms with Crippen LogP contribution >= 0.6 is 0 Å². The van der Waals surface area contributed by atoms with E-state index in [1.54, 1.807) is 0 Å². The number of hydrogen-bond donors (Lipinski definition) is 2. The molecule has 0 saturated heterocycles. The summed E-state index contributed by atoms with van der Waals surface area (Å²) in [5.74, 6) is -2.25. The lowest BCUT2D eigenvalue weighted by Gasteiger charge is -1.97. The van der Waals surface area contributed by atoms with E-state index in [1.807, 2.05) is 0 Å². The Morgan fingerprint density at radius 2 is 1.87 bits per heavy atom. The summed E-state index contributed by atoms with van der Waals surface area (Å²) >= 11 is 0. The molecular weight excluding hydrogens is 202 g/mol. The lowest BCUT2D eigenvalue weighted by molar-refractivity contribution is -0.141. The number of carboxylic acid groups (broad SMARTS) is 1. The second-order valence-corrected chi connectivity index (χ2v) is 2.27. The normalized spacial score (nSPS) is 7.80. The van der Waals surface area contributed by atoms with Crippen molar-refractivity contribution in [3.63, 3.8) is 0 Å². The van der Waals surface area contributed by atoms with E-state index in [1.165, 1.54) is 7.11 Å². The fourth-order valence-electron chi connectivity index (χ4n) is 0.399. The molecule has 0 radical (unpaired) electrons. The first kappa shape index (κ1) is 15.4. The second kappa shape index (κ2) is 8.49. The standard InChI is InChI=1S/C6H8O4.C3H5NO/c1-4(3-5(7)8)6(9)10-2;1-2-3(4)5/h1,3H2,2H3,(H,7,8);2H,1H2,(H2,4,5). The first-order valence-corrected chi connectivity index (χ1v) is 3.74. The number of methoxy groups -OCH3 is 1. The zero-order chi connectivity index (χ0) is 12.4. The van der Waals surface area contributed by atoms with Crippen molar-refractivity contribution in [2.45, 2.75) is 6.42 Å². The number of esters is 1. The molecule has 0 saturated carbocycles. The zero-order valence-corrected chi connectivity index (χ0v) is 8.36. The molecule has 0 rings (SSSR count). The number of hydrogen-bond acceptors (Lipinski definition) is 4. The number of carboxylic acids is 1. The molecule has 3 N–H and O–H groups in total. The van der Waals surface area contributed by atoms with Gasteiger partial charge in [-0.25, -0.2) is 4.79 Å². The summed E-state index contributed by atoms with van der Waals surface area (Å²) in [6.07, 6.45) is 0.687. The van der Waals surface area contributed by atoms with E-state index in [0.717, 1.165) is 6.08 Å². The van der Waals surface area contributed by atoms with Crippen LogP contribution in [0.1, 0.15) is 6.42 Å². The second-order valence-electron chi connectivity index (χ2n) is 2.27. The Morgan fingerprint density at radius 3 is 2.07 bits per heavy atom. The molecule has 0 atom stereocenters. The summed E-state index contributed by atoms with van der Waals surface area (Å²) in [7, 11) is 1.18. The molecule has 0 fully saturated rings. The molecule has 0 aliphatic rings. The fourth-order valence-corrected chi connectivity index (χ4v) is 0.399. The van der Waals surface area contributed by atoms with Crippen LogP contribution in [-0.2, 0) is 19.1 Å². The Hall–Kier alpha value is -2.11. The minimum Gasteiger partial charge on any atom is -0.481 e. The van der Waals surface area contributed by atoms with Crippen LogP contribution in [0.2, 0.25) is 0 Å². The van der Waals surface area contributed by atoms with Crippen molar-refractivity contribution >= 4 is 17.8 Å². The topological polar surface area (TPSA) is 107 Å². The van der Waals surface area contributed by atoms with Gasteiger partial charge in [0.1, 0.15) is 0 Å². The molecule has 0 bridgehead atoms. The van der Waals surface area contributed by atoms with Crippen LogP contribution in [0, 0.1) is 0 Å². The maximum Gasteiger partial charge on any atom is 0.333 e. The van der Waals surface area contributed by atoms with Gasteiger partial charge in [-0.2, -0.15) is 0 Å². The highest BCUT2D eigenvalue weighted by molar-refractivity contribution is 5.92. The molecule has 0 heterocycles. The molecule has 1 amide bonds. The molecule has 6 nitrogen and oxygen atoms in total. The summed E-state index contributed by atoms with van der Waals surface area (Å²) in [4.78, 5) is 29.9. The van der Waals surface area contributed by atoms with Crippen LogP contribution in [0.3, 0.4) is 0 Å². The van der Waals surface area contributed by atoms with Crippen LogP contribution in [0.15, 0.2) is 24.8 Å². The molecule has 0 aromatic carbocycles. The number of aliphatic carboxylic acids is 1. The maximum atomic E-state index is 10.5. The number of rotatable bonds is 4. The number of carbonyl (C=O) groups excluding carboxylic acids is 2. The van der Waals surface area contributed by atoms with E-state index in [0.29, 0.717) is 0 Å². The number of carbonyl (C=O) groups is 3. The molecule has 0 aromatic rings. The monoisotopic (exact) mass is 215 g/mol. The molecule has 0 aliphatic carbocycles. The molecule has 0 spiro atoms. The lowest BCUT2D eigenvalue weighted by Crippen LogP contribution is -2.07. The molecular formula is C9H13NO5. The van der Waals surface area contributed by atoms with Crippen LogP contribution in [-0.4, -0.2) is 30.1 Å². The van der Waals surface area contributed by atoms with Crippen molar-refractivity contribution in [3.05, 3.63) is 24.8 Å². The van der Waals surface area contributed by atoms with E-state index >= 15 is 0 Å². The van der Waals surface area contributed by atoms with Gasteiger partial charge in [0.2, 0.25) is 5.91 Å². The van der Waals surface area contributed by atoms with E-state index in [4.69, 9.17) is 5.11 Å². The van der Waals surface area contributed by atoms with Crippen molar-refractivity contribution in [3.8, 4) is 0 Å². The first-order valence-electron chi connectivity index (χ1n) is 3.74. The van der Waals surface area contributed by atoms with Gasteiger partial charge in [-0.15, -0.1) is 0 Å². The molecule has 0 unspecified atom stereocenters. The van der Waals surface area contributed by atoms with E-state index in [9.17, 15) is 14.4 Å². The van der Waals surface area contributed by atoms with E-state index in [2.05, 4.69) is 23.6 Å². The fraction of sp³-hybridized carbons (Fsp3) is 0.222. The van der Waals surface area contributed by atoms with Gasteiger partial charge in [-0.3, -0.25) is 9.59 Å². The minimum absolute atomic E-state index is 0.0463. The Bertz CT molecular complexity index is 282. The van der Waals surface area contributed by atoms with Gasteiger partial charge >= 0.3 is 11.9 Å². The average molecular weight is 215 g/mol. The Labute approximate surface area is 87.0 Å². The van der Waals surface area contributed by atoms with Gasteiger partial charge < -0.3 is 15.6 Å². The number of ether oxygens (including phenoxy) is 1.